The SMILES string of the molecule is C/C(=N\N=C(\C(=O)c1ccccc1)c1ccccc1)c1ccncc1. The molecule has 1 aromatic heterocycles. The molecule has 0 N–H and O–H groups in total. The van der Waals surface area contributed by atoms with Crippen LogP contribution in [0.3, 0.4) is 0 Å². The minimum absolute atomic E-state index is 0.155. The van der Waals surface area contributed by atoms with Crippen molar-refractivity contribution in [2.45, 2.75) is 6.92 Å². The Bertz CT molecular complexity index is 902. The van der Waals surface area contributed by atoms with Gasteiger partial charge in [0, 0.05) is 29.1 Å². The summed E-state index contributed by atoms with van der Waals surface area (Å²) in [7, 11) is 0. The Hall–Kier alpha value is -3.40. The van der Waals surface area contributed by atoms with Gasteiger partial charge in [-0.25, -0.2) is 0 Å². The van der Waals surface area contributed by atoms with Crippen LogP contribution in [0.25, 0.3) is 0 Å². The Kier molecular flexibility index (Phi) is 5.22. The molecule has 4 nitrogen and oxygen atoms in total. The highest BCUT2D eigenvalue weighted by atomic mass is 16.1. The summed E-state index contributed by atoms with van der Waals surface area (Å²) in [5.74, 6) is -0.155. The van der Waals surface area contributed by atoms with E-state index in [0.29, 0.717) is 11.3 Å². The molecule has 122 valence electrons. The number of ketones is 1. The number of carbonyl (C=O) groups excluding carboxylic acids is 1. The van der Waals surface area contributed by atoms with Gasteiger partial charge in [-0.3, -0.25) is 9.78 Å². The molecule has 0 aliphatic carbocycles. The minimum atomic E-state index is -0.155. The first kappa shape index (κ1) is 16.5. The fourth-order valence-electron chi connectivity index (χ4n) is 2.33. The lowest BCUT2D eigenvalue weighted by molar-refractivity contribution is 0.106. The number of nitrogens with zero attached hydrogens (tertiary/aromatic N) is 3. The van der Waals surface area contributed by atoms with Crippen molar-refractivity contribution in [3.63, 3.8) is 0 Å². The molecule has 3 rings (SSSR count). The molecule has 0 saturated heterocycles. The van der Waals surface area contributed by atoms with Gasteiger partial charge in [0.2, 0.25) is 5.78 Å². The average Bonchev–Trinajstić information content (AvgIpc) is 2.70. The van der Waals surface area contributed by atoms with Crippen LogP contribution in [0.4, 0.5) is 0 Å². The van der Waals surface area contributed by atoms with E-state index >= 15 is 0 Å². The van der Waals surface area contributed by atoms with Gasteiger partial charge in [0.05, 0.1) is 5.71 Å². The third-order valence-electron chi connectivity index (χ3n) is 3.70. The highest BCUT2D eigenvalue weighted by Crippen LogP contribution is 2.10. The smallest absolute Gasteiger partial charge is 0.213 e. The van der Waals surface area contributed by atoms with E-state index in [9.17, 15) is 4.79 Å². The number of pyridine rings is 1. The van der Waals surface area contributed by atoms with Crippen LogP contribution in [-0.4, -0.2) is 22.2 Å². The first-order valence-corrected chi connectivity index (χ1v) is 7.93. The molecule has 1 heterocycles. The second kappa shape index (κ2) is 7.93. The monoisotopic (exact) mass is 327 g/mol. The molecule has 3 aromatic rings. The summed E-state index contributed by atoms with van der Waals surface area (Å²) < 4.78 is 0. The van der Waals surface area contributed by atoms with Gasteiger partial charge in [-0.1, -0.05) is 60.7 Å². The largest absolute Gasteiger partial charge is 0.287 e. The van der Waals surface area contributed by atoms with Crippen LogP contribution in [0.2, 0.25) is 0 Å². The first-order valence-electron chi connectivity index (χ1n) is 7.93. The Morgan fingerprint density at radius 2 is 1.28 bits per heavy atom. The van der Waals surface area contributed by atoms with Crippen LogP contribution in [0.1, 0.15) is 28.4 Å². The molecule has 0 fully saturated rings. The zero-order valence-electron chi connectivity index (χ0n) is 13.8. The molecule has 0 radical (unpaired) electrons. The number of Topliss-reactive ketones (excluding diaryl/α,β-unsaturated/α-hetero) is 1. The third kappa shape index (κ3) is 4.12. The van der Waals surface area contributed by atoms with Gasteiger partial charge in [0.15, 0.2) is 0 Å². The van der Waals surface area contributed by atoms with Gasteiger partial charge in [0.1, 0.15) is 5.71 Å². The lowest BCUT2D eigenvalue weighted by atomic mass is 10.0. The van der Waals surface area contributed by atoms with Crippen LogP contribution in [0.5, 0.6) is 0 Å². The number of benzene rings is 2. The molecule has 0 amide bonds. The normalized spacial score (nSPS) is 12.0. The molecule has 0 aliphatic heterocycles. The van der Waals surface area contributed by atoms with Crippen molar-refractivity contribution in [2.75, 3.05) is 0 Å². The Balaban J connectivity index is 2.01. The molecule has 2 aromatic carbocycles. The molecule has 0 bridgehead atoms. The molecular formula is C21H17N3O. The van der Waals surface area contributed by atoms with Gasteiger partial charge in [-0.2, -0.15) is 5.10 Å². The van der Waals surface area contributed by atoms with Gasteiger partial charge in [-0.15, -0.1) is 5.10 Å². The summed E-state index contributed by atoms with van der Waals surface area (Å²) in [6.45, 7) is 1.86. The van der Waals surface area contributed by atoms with Crippen LogP contribution in [0, 0.1) is 0 Å². The molecular weight excluding hydrogens is 310 g/mol. The van der Waals surface area contributed by atoms with Gasteiger partial charge < -0.3 is 0 Å². The first-order chi connectivity index (χ1) is 12.3. The lowest BCUT2D eigenvalue weighted by Gasteiger charge is -2.05. The van der Waals surface area contributed by atoms with Crippen molar-refractivity contribution in [3.05, 3.63) is 102 Å². The van der Waals surface area contributed by atoms with E-state index in [1.165, 1.54) is 0 Å². The van der Waals surface area contributed by atoms with Crippen molar-refractivity contribution in [1.82, 2.24) is 4.98 Å². The van der Waals surface area contributed by atoms with E-state index in [1.807, 2.05) is 67.6 Å². The van der Waals surface area contributed by atoms with Crippen LogP contribution >= 0.6 is 0 Å². The molecule has 4 heteroatoms. The second-order valence-corrected chi connectivity index (χ2v) is 5.43. The quantitative estimate of drug-likeness (QED) is 0.401. The molecule has 25 heavy (non-hydrogen) atoms. The summed E-state index contributed by atoms with van der Waals surface area (Å²) in [5.41, 5.74) is 3.28. The number of aromatic nitrogens is 1. The van der Waals surface area contributed by atoms with E-state index in [4.69, 9.17) is 0 Å². The highest BCUT2D eigenvalue weighted by molar-refractivity contribution is 6.51. The van der Waals surface area contributed by atoms with E-state index in [2.05, 4.69) is 15.2 Å². The number of rotatable bonds is 5. The van der Waals surface area contributed by atoms with Crippen molar-refractivity contribution < 1.29 is 4.79 Å². The van der Waals surface area contributed by atoms with E-state index in [-0.39, 0.29) is 5.78 Å². The zero-order chi connectivity index (χ0) is 17.5. The minimum Gasteiger partial charge on any atom is -0.287 e. The summed E-state index contributed by atoms with van der Waals surface area (Å²) >= 11 is 0. The van der Waals surface area contributed by atoms with Crippen molar-refractivity contribution in [1.29, 1.82) is 0 Å². The van der Waals surface area contributed by atoms with Crippen molar-refractivity contribution >= 4 is 17.2 Å². The van der Waals surface area contributed by atoms with Gasteiger partial charge >= 0.3 is 0 Å². The Morgan fingerprint density at radius 3 is 1.88 bits per heavy atom. The van der Waals surface area contributed by atoms with Crippen molar-refractivity contribution in [3.8, 4) is 0 Å². The van der Waals surface area contributed by atoms with Crippen LogP contribution in [0.15, 0.2) is 95.4 Å². The summed E-state index contributed by atoms with van der Waals surface area (Å²) in [6, 6.07) is 22.2. The van der Waals surface area contributed by atoms with Gasteiger partial charge in [-0.05, 0) is 19.1 Å². The van der Waals surface area contributed by atoms with Crippen LogP contribution in [-0.2, 0) is 0 Å². The molecule has 0 spiro atoms. The maximum atomic E-state index is 12.9. The topological polar surface area (TPSA) is 54.7 Å². The second-order valence-electron chi connectivity index (χ2n) is 5.43. The predicted octanol–water partition coefficient (Wildman–Crippen LogP) is 4.18. The third-order valence-corrected chi connectivity index (χ3v) is 3.70. The maximum absolute atomic E-state index is 12.9. The molecule has 0 atom stereocenters. The summed E-state index contributed by atoms with van der Waals surface area (Å²) in [4.78, 5) is 16.9. The zero-order valence-corrected chi connectivity index (χ0v) is 13.8. The van der Waals surface area contributed by atoms with Crippen LogP contribution < -0.4 is 0 Å². The fourth-order valence-corrected chi connectivity index (χ4v) is 2.33. The Labute approximate surface area is 146 Å². The van der Waals surface area contributed by atoms with Gasteiger partial charge in [0.25, 0.3) is 0 Å². The standard InChI is InChI=1S/C21H17N3O/c1-16(17-12-14-22-15-13-17)23-24-20(18-8-4-2-5-9-18)21(25)19-10-6-3-7-11-19/h2-15H,1H3/b23-16+,24-20+. The number of hydrogen-bond acceptors (Lipinski definition) is 4. The van der Waals surface area contributed by atoms with E-state index in [1.54, 1.807) is 24.5 Å². The van der Waals surface area contributed by atoms with Crippen molar-refractivity contribution in [2.24, 2.45) is 10.2 Å². The summed E-state index contributed by atoms with van der Waals surface area (Å²) in [6.07, 6.45) is 3.40. The number of carbonyl (C=O) groups is 1. The molecule has 0 aliphatic rings. The predicted molar refractivity (Wildman–Crippen MR) is 100 cm³/mol. The fraction of sp³-hybridized carbons (Fsp3) is 0.0476. The van der Waals surface area contributed by atoms with E-state index < -0.39 is 0 Å². The maximum Gasteiger partial charge on any atom is 0.213 e. The average molecular weight is 327 g/mol. The number of hydrogen-bond donors (Lipinski definition) is 0. The molecule has 0 saturated carbocycles. The Morgan fingerprint density at radius 1 is 0.720 bits per heavy atom. The highest BCUT2D eigenvalue weighted by Gasteiger charge is 2.16. The lowest BCUT2D eigenvalue weighted by Crippen LogP contribution is -2.15. The molecule has 0 unspecified atom stereocenters. The van der Waals surface area contributed by atoms with E-state index in [0.717, 1.165) is 16.8 Å². The summed E-state index contributed by atoms with van der Waals surface area (Å²) in [5, 5.41) is 8.55.